The lowest BCUT2D eigenvalue weighted by Crippen LogP contribution is -2.20. The topological polar surface area (TPSA) is 40.5 Å². The highest BCUT2D eigenvalue weighted by Crippen LogP contribution is 2.28. The molecular weight excluding hydrogens is 198 g/mol. The third-order valence-corrected chi connectivity index (χ3v) is 3.48. The summed E-state index contributed by atoms with van der Waals surface area (Å²) < 4.78 is 0. The Kier molecular flexibility index (Phi) is 2.56. The van der Waals surface area contributed by atoms with Crippen molar-refractivity contribution >= 4 is 17.3 Å². The van der Waals surface area contributed by atoms with Gasteiger partial charge in [-0.05, 0) is 36.9 Å². The van der Waals surface area contributed by atoms with Crippen molar-refractivity contribution < 1.29 is 9.90 Å². The van der Waals surface area contributed by atoms with Gasteiger partial charge < -0.3 is 5.11 Å². The summed E-state index contributed by atoms with van der Waals surface area (Å²) in [5.41, 5.74) is 0.942. The molecule has 1 fully saturated rings. The zero-order valence-corrected chi connectivity index (χ0v) is 8.88. The summed E-state index contributed by atoms with van der Waals surface area (Å²) in [7, 11) is 2.06. The highest BCUT2D eigenvalue weighted by atomic mass is 32.1. The molecule has 3 nitrogen and oxygen atoms in total. The normalized spacial score (nSPS) is 16.1. The van der Waals surface area contributed by atoms with Crippen LogP contribution in [-0.4, -0.2) is 29.1 Å². The molecule has 0 unspecified atom stereocenters. The smallest absolute Gasteiger partial charge is 0.346 e. The van der Waals surface area contributed by atoms with Crippen LogP contribution in [0.2, 0.25) is 0 Å². The summed E-state index contributed by atoms with van der Waals surface area (Å²) in [6.45, 7) is 0.760. The lowest BCUT2D eigenvalue weighted by atomic mass is 10.2. The van der Waals surface area contributed by atoms with Crippen LogP contribution in [0, 0.1) is 0 Å². The number of carbonyl (C=O) groups is 1. The molecule has 14 heavy (non-hydrogen) atoms. The maximum Gasteiger partial charge on any atom is 0.346 e. The number of carboxylic acids is 1. The Morgan fingerprint density at radius 1 is 1.71 bits per heavy atom. The van der Waals surface area contributed by atoms with E-state index in [4.69, 9.17) is 5.11 Å². The van der Waals surface area contributed by atoms with Crippen LogP contribution in [0.3, 0.4) is 0 Å². The first-order valence-corrected chi connectivity index (χ1v) is 5.56. The van der Waals surface area contributed by atoms with Gasteiger partial charge in [-0.1, -0.05) is 0 Å². The number of nitrogens with zero attached hydrogens (tertiary/aromatic N) is 1. The van der Waals surface area contributed by atoms with Crippen molar-refractivity contribution in [3.05, 3.63) is 21.9 Å². The standard InChI is InChI=1S/C10H13NO2S/c1-11(8-2-3-8)6-7-4-5-14-9(7)10(12)13/h4-5,8H,2-3,6H2,1H3,(H,12,13). The van der Waals surface area contributed by atoms with E-state index in [1.165, 1.54) is 24.2 Å². The van der Waals surface area contributed by atoms with Gasteiger partial charge in [0.25, 0.3) is 0 Å². The molecule has 1 N–H and O–H groups in total. The summed E-state index contributed by atoms with van der Waals surface area (Å²) in [5, 5.41) is 10.8. The van der Waals surface area contributed by atoms with Crippen molar-refractivity contribution in [2.24, 2.45) is 0 Å². The summed E-state index contributed by atoms with van der Waals surface area (Å²) in [5.74, 6) is -0.806. The van der Waals surface area contributed by atoms with Crippen molar-refractivity contribution in [2.45, 2.75) is 25.4 Å². The van der Waals surface area contributed by atoms with Gasteiger partial charge in [0, 0.05) is 12.6 Å². The molecule has 1 aliphatic rings. The fraction of sp³-hybridized carbons (Fsp3) is 0.500. The van der Waals surface area contributed by atoms with E-state index in [1.807, 2.05) is 11.4 Å². The van der Waals surface area contributed by atoms with Gasteiger partial charge in [0.15, 0.2) is 0 Å². The van der Waals surface area contributed by atoms with E-state index in [0.29, 0.717) is 10.9 Å². The molecule has 0 saturated heterocycles. The molecule has 0 radical (unpaired) electrons. The summed E-state index contributed by atoms with van der Waals surface area (Å²) in [4.78, 5) is 13.6. The predicted octanol–water partition coefficient (Wildman–Crippen LogP) is 2.04. The molecule has 0 aromatic carbocycles. The van der Waals surface area contributed by atoms with Crippen molar-refractivity contribution in [1.82, 2.24) is 4.90 Å². The Labute approximate surface area is 87.0 Å². The fourth-order valence-electron chi connectivity index (χ4n) is 1.56. The molecule has 0 aliphatic heterocycles. The monoisotopic (exact) mass is 211 g/mol. The molecule has 1 aromatic heterocycles. The Morgan fingerprint density at radius 2 is 2.43 bits per heavy atom. The van der Waals surface area contributed by atoms with Gasteiger partial charge in [-0.3, -0.25) is 4.90 Å². The zero-order valence-electron chi connectivity index (χ0n) is 8.06. The number of aromatic carboxylic acids is 1. The SMILES string of the molecule is CN(Cc1ccsc1C(=O)O)C1CC1. The first kappa shape index (κ1) is 9.68. The predicted molar refractivity (Wildman–Crippen MR) is 55.8 cm³/mol. The molecule has 0 amide bonds. The van der Waals surface area contributed by atoms with E-state index in [0.717, 1.165) is 12.1 Å². The molecule has 1 saturated carbocycles. The average Bonchev–Trinajstić information content (AvgIpc) is 2.87. The van der Waals surface area contributed by atoms with Gasteiger partial charge in [0.1, 0.15) is 4.88 Å². The molecule has 4 heteroatoms. The second kappa shape index (κ2) is 3.71. The van der Waals surface area contributed by atoms with E-state index in [9.17, 15) is 4.79 Å². The minimum Gasteiger partial charge on any atom is -0.477 e. The third kappa shape index (κ3) is 1.96. The number of hydrogen-bond donors (Lipinski definition) is 1. The molecule has 1 heterocycles. The van der Waals surface area contributed by atoms with E-state index in [1.54, 1.807) is 0 Å². The molecule has 0 bridgehead atoms. The van der Waals surface area contributed by atoms with E-state index in [2.05, 4.69) is 11.9 Å². The van der Waals surface area contributed by atoms with Crippen molar-refractivity contribution in [3.63, 3.8) is 0 Å². The first-order valence-electron chi connectivity index (χ1n) is 4.68. The average molecular weight is 211 g/mol. The van der Waals surface area contributed by atoms with Crippen LogP contribution in [0.25, 0.3) is 0 Å². The van der Waals surface area contributed by atoms with E-state index in [-0.39, 0.29) is 0 Å². The second-order valence-corrected chi connectivity index (χ2v) is 4.64. The lowest BCUT2D eigenvalue weighted by molar-refractivity contribution is 0.0700. The molecule has 1 aliphatic carbocycles. The second-order valence-electron chi connectivity index (χ2n) is 3.73. The molecular formula is C10H13NO2S. The van der Waals surface area contributed by atoms with Crippen molar-refractivity contribution in [2.75, 3.05) is 7.05 Å². The van der Waals surface area contributed by atoms with Crippen LogP contribution in [0.1, 0.15) is 28.1 Å². The minimum absolute atomic E-state index is 0.484. The molecule has 0 atom stereocenters. The van der Waals surface area contributed by atoms with Gasteiger partial charge in [-0.25, -0.2) is 4.79 Å². The lowest BCUT2D eigenvalue weighted by Gasteiger charge is -2.14. The molecule has 2 rings (SSSR count). The Balaban J connectivity index is 2.07. The zero-order chi connectivity index (χ0) is 10.1. The van der Waals surface area contributed by atoms with Crippen LogP contribution in [0.5, 0.6) is 0 Å². The number of hydrogen-bond acceptors (Lipinski definition) is 3. The van der Waals surface area contributed by atoms with Gasteiger partial charge in [0.05, 0.1) is 0 Å². The van der Waals surface area contributed by atoms with Crippen LogP contribution >= 0.6 is 11.3 Å². The fourth-order valence-corrected chi connectivity index (χ4v) is 2.31. The van der Waals surface area contributed by atoms with Gasteiger partial charge in [-0.2, -0.15) is 0 Å². The number of rotatable bonds is 4. The van der Waals surface area contributed by atoms with E-state index >= 15 is 0 Å². The molecule has 1 aromatic rings. The maximum atomic E-state index is 10.8. The Hall–Kier alpha value is -0.870. The van der Waals surface area contributed by atoms with Gasteiger partial charge in [0.2, 0.25) is 0 Å². The highest BCUT2D eigenvalue weighted by molar-refractivity contribution is 7.12. The Morgan fingerprint density at radius 3 is 3.00 bits per heavy atom. The quantitative estimate of drug-likeness (QED) is 0.828. The van der Waals surface area contributed by atoms with Crippen LogP contribution in [0.15, 0.2) is 11.4 Å². The van der Waals surface area contributed by atoms with Crippen molar-refractivity contribution in [3.8, 4) is 0 Å². The first-order chi connectivity index (χ1) is 6.68. The van der Waals surface area contributed by atoms with Gasteiger partial charge >= 0.3 is 5.97 Å². The minimum atomic E-state index is -0.806. The summed E-state index contributed by atoms with van der Waals surface area (Å²) in [6, 6.07) is 2.59. The largest absolute Gasteiger partial charge is 0.477 e. The van der Waals surface area contributed by atoms with Crippen LogP contribution in [0.4, 0.5) is 0 Å². The number of thiophene rings is 1. The van der Waals surface area contributed by atoms with Crippen LogP contribution < -0.4 is 0 Å². The van der Waals surface area contributed by atoms with Crippen molar-refractivity contribution in [1.29, 1.82) is 0 Å². The number of carboxylic acid groups (broad SMARTS) is 1. The van der Waals surface area contributed by atoms with Crippen LogP contribution in [-0.2, 0) is 6.54 Å². The van der Waals surface area contributed by atoms with Gasteiger partial charge in [-0.15, -0.1) is 11.3 Å². The Bertz CT molecular complexity index is 344. The summed E-state index contributed by atoms with van der Waals surface area (Å²) >= 11 is 1.31. The molecule has 76 valence electrons. The molecule has 0 spiro atoms. The van der Waals surface area contributed by atoms with E-state index < -0.39 is 5.97 Å². The third-order valence-electron chi connectivity index (χ3n) is 2.53. The highest BCUT2D eigenvalue weighted by Gasteiger charge is 2.27. The summed E-state index contributed by atoms with van der Waals surface area (Å²) in [6.07, 6.45) is 2.51. The maximum absolute atomic E-state index is 10.8.